The summed E-state index contributed by atoms with van der Waals surface area (Å²) in [7, 11) is 1.25. The molecule has 0 saturated heterocycles. The highest BCUT2D eigenvalue weighted by molar-refractivity contribution is 5.78. The Morgan fingerprint density at radius 3 is 2.30 bits per heavy atom. The molecule has 244 valence electrons. The average molecular weight is 617 g/mol. The van der Waals surface area contributed by atoms with Gasteiger partial charge in [0.15, 0.2) is 0 Å². The molecule has 4 aliphatic carbocycles. The summed E-state index contributed by atoms with van der Waals surface area (Å²) in [6.45, 7) is 12.4. The highest BCUT2D eigenvalue weighted by Crippen LogP contribution is 2.74. The Morgan fingerprint density at radius 1 is 1.05 bits per heavy atom. The fourth-order valence-electron chi connectivity index (χ4n) is 10.1. The van der Waals surface area contributed by atoms with Gasteiger partial charge in [-0.2, -0.15) is 0 Å². The number of esters is 3. The summed E-state index contributed by atoms with van der Waals surface area (Å²) in [6, 6.07) is 1.87. The molecule has 3 N–H and O–H groups in total. The third kappa shape index (κ3) is 4.19. The molecule has 10 nitrogen and oxygen atoms in total. The molecule has 44 heavy (non-hydrogen) atoms. The fourth-order valence-corrected chi connectivity index (χ4v) is 10.1. The Kier molecular flexibility index (Phi) is 8.16. The molecule has 0 bridgehead atoms. The quantitative estimate of drug-likeness (QED) is 0.244. The normalized spacial score (nSPS) is 45.2. The molecule has 0 spiro atoms. The van der Waals surface area contributed by atoms with Gasteiger partial charge in [-0.3, -0.25) is 14.4 Å². The highest BCUT2D eigenvalue weighted by Gasteiger charge is 2.77. The van der Waals surface area contributed by atoms with E-state index in [4.69, 9.17) is 18.6 Å². The SMILES string of the molecule is CCC(C)C(=O)O[C@H]1[C@H](O)C2[C@]3(C)C(C[C@@H](O)[C@@]2(C)C2=CC[C@@H](c4ccoc4)[C@@]21C)[C@](C)(C(=O)OC)[C@H](O)C[C@@H]3OC(C)=O. The Balaban J connectivity index is 1.75. The van der Waals surface area contributed by atoms with Crippen molar-refractivity contribution in [2.45, 2.75) is 111 Å². The highest BCUT2D eigenvalue weighted by atomic mass is 16.6. The van der Waals surface area contributed by atoms with Crippen LogP contribution in [0, 0.1) is 39.4 Å². The van der Waals surface area contributed by atoms with Crippen LogP contribution in [0.3, 0.4) is 0 Å². The van der Waals surface area contributed by atoms with Crippen LogP contribution in [0.4, 0.5) is 0 Å². The Bertz CT molecular complexity index is 1320. The first-order chi connectivity index (χ1) is 20.5. The van der Waals surface area contributed by atoms with Gasteiger partial charge in [-0.05, 0) is 43.7 Å². The van der Waals surface area contributed by atoms with Gasteiger partial charge >= 0.3 is 17.9 Å². The molecule has 13 atom stereocenters. The van der Waals surface area contributed by atoms with Crippen LogP contribution < -0.4 is 0 Å². The van der Waals surface area contributed by atoms with E-state index in [2.05, 4.69) is 6.08 Å². The summed E-state index contributed by atoms with van der Waals surface area (Å²) >= 11 is 0. The van der Waals surface area contributed by atoms with Crippen molar-refractivity contribution in [3.63, 3.8) is 0 Å². The molecule has 0 amide bonds. The molecule has 5 rings (SSSR count). The van der Waals surface area contributed by atoms with Gasteiger partial charge in [0.1, 0.15) is 12.2 Å². The van der Waals surface area contributed by atoms with E-state index in [0.717, 1.165) is 11.1 Å². The number of aliphatic hydroxyl groups excluding tert-OH is 3. The molecule has 3 fully saturated rings. The number of fused-ring (bicyclic) bond motifs is 5. The van der Waals surface area contributed by atoms with E-state index in [0.29, 0.717) is 12.8 Å². The lowest BCUT2D eigenvalue weighted by Gasteiger charge is -2.70. The molecule has 0 radical (unpaired) electrons. The minimum absolute atomic E-state index is 0.0706. The zero-order chi connectivity index (χ0) is 32.6. The van der Waals surface area contributed by atoms with Crippen molar-refractivity contribution in [3.05, 3.63) is 35.8 Å². The van der Waals surface area contributed by atoms with Crippen LogP contribution in [0.15, 0.2) is 34.7 Å². The fraction of sp³-hybridized carbons (Fsp3) is 0.735. The van der Waals surface area contributed by atoms with Gasteiger partial charge < -0.3 is 33.9 Å². The van der Waals surface area contributed by atoms with Crippen LogP contribution >= 0.6 is 0 Å². The second-order valence-corrected chi connectivity index (χ2v) is 14.5. The van der Waals surface area contributed by atoms with Crippen LogP contribution in [0.5, 0.6) is 0 Å². The number of methoxy groups -OCH3 is 1. The molecule has 3 saturated carbocycles. The molecule has 4 aliphatic rings. The Morgan fingerprint density at radius 2 is 1.73 bits per heavy atom. The number of carbonyl (C=O) groups is 3. The van der Waals surface area contributed by atoms with Gasteiger partial charge in [-0.25, -0.2) is 0 Å². The maximum atomic E-state index is 13.5. The van der Waals surface area contributed by atoms with Crippen molar-refractivity contribution in [1.82, 2.24) is 0 Å². The molecule has 3 unspecified atom stereocenters. The zero-order valence-corrected chi connectivity index (χ0v) is 27.0. The molecule has 10 heteroatoms. The minimum atomic E-state index is -1.48. The van der Waals surface area contributed by atoms with Crippen molar-refractivity contribution in [2.75, 3.05) is 7.11 Å². The lowest BCUT2D eigenvalue weighted by atomic mass is 9.35. The van der Waals surface area contributed by atoms with Crippen molar-refractivity contribution in [2.24, 2.45) is 39.4 Å². The van der Waals surface area contributed by atoms with Crippen LogP contribution in [0.1, 0.15) is 85.6 Å². The summed E-state index contributed by atoms with van der Waals surface area (Å²) < 4.78 is 22.9. The van der Waals surface area contributed by atoms with E-state index in [9.17, 15) is 29.7 Å². The summed E-state index contributed by atoms with van der Waals surface area (Å²) in [5.41, 5.74) is -2.88. The summed E-state index contributed by atoms with van der Waals surface area (Å²) in [6.07, 6.45) is 0.888. The predicted molar refractivity (Wildman–Crippen MR) is 158 cm³/mol. The van der Waals surface area contributed by atoms with Crippen LogP contribution in [-0.2, 0) is 28.6 Å². The second kappa shape index (κ2) is 11.0. The average Bonchev–Trinajstić information content (AvgIpc) is 3.62. The van der Waals surface area contributed by atoms with Gasteiger partial charge in [-0.15, -0.1) is 0 Å². The van der Waals surface area contributed by atoms with Crippen molar-refractivity contribution in [1.29, 1.82) is 0 Å². The van der Waals surface area contributed by atoms with E-state index in [1.165, 1.54) is 14.0 Å². The topological polar surface area (TPSA) is 153 Å². The first-order valence-electron chi connectivity index (χ1n) is 15.8. The number of allylic oxidation sites excluding steroid dienone is 1. The predicted octanol–water partition coefficient (Wildman–Crippen LogP) is 3.92. The summed E-state index contributed by atoms with van der Waals surface area (Å²) in [5, 5.41) is 36.4. The third-order valence-corrected chi connectivity index (χ3v) is 12.6. The van der Waals surface area contributed by atoms with Crippen LogP contribution in [0.2, 0.25) is 0 Å². The summed E-state index contributed by atoms with van der Waals surface area (Å²) in [5.74, 6) is -3.88. The maximum Gasteiger partial charge on any atom is 0.314 e. The van der Waals surface area contributed by atoms with Gasteiger partial charge in [0.2, 0.25) is 0 Å². The number of hydrogen-bond donors (Lipinski definition) is 3. The van der Waals surface area contributed by atoms with Crippen molar-refractivity contribution < 1.29 is 48.3 Å². The largest absolute Gasteiger partial charge is 0.472 e. The van der Waals surface area contributed by atoms with Gasteiger partial charge in [0.25, 0.3) is 0 Å². The first kappa shape index (κ1) is 32.7. The minimum Gasteiger partial charge on any atom is -0.472 e. The molecule has 0 aromatic carbocycles. The van der Waals surface area contributed by atoms with Crippen LogP contribution in [-0.4, -0.2) is 70.9 Å². The van der Waals surface area contributed by atoms with E-state index < -0.39 is 87.8 Å². The monoisotopic (exact) mass is 616 g/mol. The summed E-state index contributed by atoms with van der Waals surface area (Å²) in [4.78, 5) is 39.4. The number of carbonyl (C=O) groups excluding carboxylic acids is 3. The molecular weight excluding hydrogens is 568 g/mol. The number of rotatable bonds is 6. The van der Waals surface area contributed by atoms with Gasteiger partial charge in [0.05, 0.1) is 49.3 Å². The van der Waals surface area contributed by atoms with E-state index in [-0.39, 0.29) is 18.8 Å². The second-order valence-electron chi connectivity index (χ2n) is 14.5. The van der Waals surface area contributed by atoms with Crippen molar-refractivity contribution in [3.8, 4) is 0 Å². The number of aliphatic hydroxyl groups is 3. The maximum absolute atomic E-state index is 13.5. The first-order valence-corrected chi connectivity index (χ1v) is 15.8. The third-order valence-electron chi connectivity index (χ3n) is 12.6. The molecular formula is C34H48O10. The van der Waals surface area contributed by atoms with Crippen LogP contribution in [0.25, 0.3) is 0 Å². The lowest BCUT2D eigenvalue weighted by Crippen LogP contribution is -2.76. The van der Waals surface area contributed by atoms with Gasteiger partial charge in [-0.1, -0.05) is 46.3 Å². The lowest BCUT2D eigenvalue weighted by molar-refractivity contribution is -0.291. The smallest absolute Gasteiger partial charge is 0.314 e. The standard InChI is InChI=1S/C34H48O10/c1-9-17(2)29(39)44-28-26(38)27-32(5,21-11-10-20(31(21,28)4)19-12-13-42-16-19)23(36)14-22-33(6,30(40)41-8)24(37)15-25(34(22,27)7)43-18(3)35/h11-13,16-17,20,22-28,36-38H,9-10,14-15H2,1-8H3/t17?,20-,22?,23+,24+,25-,26+,27?,28-,31-,32+,33-,34+/m0/s1. The van der Waals surface area contributed by atoms with E-state index >= 15 is 0 Å². The molecule has 1 aromatic heterocycles. The molecule has 1 aromatic rings. The zero-order valence-electron chi connectivity index (χ0n) is 27.0. The number of ether oxygens (including phenoxy) is 3. The Labute approximate surface area is 259 Å². The van der Waals surface area contributed by atoms with E-state index in [1.54, 1.807) is 26.4 Å². The van der Waals surface area contributed by atoms with E-state index in [1.807, 2.05) is 33.8 Å². The molecule has 1 heterocycles. The Hall–Kier alpha value is -2.69. The van der Waals surface area contributed by atoms with Crippen molar-refractivity contribution >= 4 is 17.9 Å². The number of hydrogen-bond acceptors (Lipinski definition) is 10. The molecule has 0 aliphatic heterocycles. The van der Waals surface area contributed by atoms with Gasteiger partial charge in [0, 0.05) is 41.4 Å². The number of furan rings is 1.